The predicted octanol–water partition coefficient (Wildman–Crippen LogP) is 6.30. The van der Waals surface area contributed by atoms with E-state index < -0.39 is 0 Å². The smallest absolute Gasteiger partial charge is 0.0420 e. The lowest BCUT2D eigenvalue weighted by Gasteiger charge is -2.08. The van der Waals surface area contributed by atoms with E-state index in [2.05, 4.69) is 20.8 Å². The van der Waals surface area contributed by atoms with Crippen molar-refractivity contribution in [2.45, 2.75) is 88.0 Å². The van der Waals surface area contributed by atoms with E-state index in [1.54, 1.807) is 0 Å². The van der Waals surface area contributed by atoms with Crippen LogP contribution in [0.1, 0.15) is 88.0 Å². The summed E-state index contributed by atoms with van der Waals surface area (Å²) in [5, 5.41) is 0. The average Bonchev–Trinajstić information content (AvgIpc) is 2.33. The fraction of sp³-hybridized carbons (Fsp3) is 1.00. The average molecular weight is 204 g/mol. The summed E-state index contributed by atoms with van der Waals surface area (Å²) in [7, 11) is 0. The van der Waals surface area contributed by atoms with Gasteiger partial charge in [0.25, 0.3) is 0 Å². The molecule has 0 aliphatic carbocycles. The third-order valence-electron chi connectivity index (χ3n) is 1.85. The van der Waals surface area contributed by atoms with Gasteiger partial charge in [-0.05, 0) is 5.92 Å². The van der Waals surface area contributed by atoms with E-state index in [4.69, 9.17) is 0 Å². The van der Waals surface area contributed by atoms with E-state index in [0.29, 0.717) is 0 Å². The Morgan fingerprint density at radius 3 is 1.00 bits per heavy atom. The monoisotopic (exact) mass is 204 g/mol. The van der Waals surface area contributed by atoms with Gasteiger partial charge in [-0.15, -0.1) is 0 Å². The molecule has 0 N–H and O–H groups in total. The first-order chi connectivity index (χ1) is 6.85. The lowest BCUT2D eigenvalue weighted by atomic mass is 9.98. The lowest BCUT2D eigenvalue weighted by molar-refractivity contribution is 0.451. The van der Waals surface area contributed by atoms with Crippen LogP contribution in [0, 0.1) is 5.92 Å². The van der Waals surface area contributed by atoms with Gasteiger partial charge in [-0.1, -0.05) is 88.0 Å². The summed E-state index contributed by atoms with van der Waals surface area (Å²) in [5.41, 5.74) is 0. The van der Waals surface area contributed by atoms with Crippen molar-refractivity contribution in [2.75, 3.05) is 0 Å². The molecule has 0 aromatic rings. The van der Waals surface area contributed by atoms with E-state index in [0.717, 1.165) is 5.92 Å². The van der Waals surface area contributed by atoms with Crippen molar-refractivity contribution in [3.63, 3.8) is 0 Å². The van der Waals surface area contributed by atoms with Crippen molar-refractivity contribution >= 4 is 0 Å². The molecule has 0 rings (SSSR count). The summed E-state index contributed by atoms with van der Waals surface area (Å²) < 4.78 is 0. The summed E-state index contributed by atoms with van der Waals surface area (Å²) >= 11 is 0. The zero-order valence-electron chi connectivity index (χ0n) is 12.4. The Morgan fingerprint density at radius 2 is 0.929 bits per heavy atom. The molecule has 0 bridgehead atoms. The zero-order valence-corrected chi connectivity index (χ0v) is 12.4. The molecule has 92 valence electrons. The molecular formula is C14H36. The van der Waals surface area contributed by atoms with Crippen LogP contribution in [0.5, 0.6) is 0 Å². The van der Waals surface area contributed by atoms with E-state index in [-0.39, 0.29) is 0 Å². The van der Waals surface area contributed by atoms with E-state index in [9.17, 15) is 0 Å². The third-order valence-corrected chi connectivity index (χ3v) is 1.85. The highest BCUT2D eigenvalue weighted by Gasteiger charge is 1.98. The molecule has 0 amide bonds. The molecule has 0 heteroatoms. The highest BCUT2D eigenvalue weighted by molar-refractivity contribution is 4.51. The molecule has 0 saturated heterocycles. The summed E-state index contributed by atoms with van der Waals surface area (Å²) in [4.78, 5) is 0. The number of rotatable bonds is 4. The fourth-order valence-electron chi connectivity index (χ4n) is 1.11. The lowest BCUT2D eigenvalue weighted by Crippen LogP contribution is -1.94. The van der Waals surface area contributed by atoms with Gasteiger partial charge in [0.1, 0.15) is 0 Å². The van der Waals surface area contributed by atoms with Crippen LogP contribution in [-0.4, -0.2) is 0 Å². The highest BCUT2D eigenvalue weighted by atomic mass is 14.0. The Morgan fingerprint density at radius 1 is 0.643 bits per heavy atom. The van der Waals surface area contributed by atoms with E-state index in [1.807, 2.05) is 41.5 Å². The second-order valence-corrected chi connectivity index (χ2v) is 2.47. The minimum absolute atomic E-state index is 1.000. The van der Waals surface area contributed by atoms with Crippen LogP contribution >= 0.6 is 0 Å². The predicted molar refractivity (Wildman–Crippen MR) is 73.0 cm³/mol. The zero-order chi connectivity index (χ0) is 12.4. The molecule has 0 aliphatic rings. The summed E-state index contributed by atoms with van der Waals surface area (Å²) in [6.07, 6.45) is 5.51. The molecule has 0 atom stereocenters. The summed E-state index contributed by atoms with van der Waals surface area (Å²) in [5.74, 6) is 1.000. The molecule has 14 heavy (non-hydrogen) atoms. The topological polar surface area (TPSA) is 0 Å². The molecule has 0 heterocycles. The Bertz CT molecular complexity index is 35.3. The third kappa shape index (κ3) is 29.6. The molecule has 0 aromatic heterocycles. The van der Waals surface area contributed by atoms with Gasteiger partial charge in [0.15, 0.2) is 0 Å². The Balaban J connectivity index is -0.0000000708. The molecule has 0 radical (unpaired) electrons. The second kappa shape index (κ2) is 38.2. The molecule has 0 fully saturated rings. The van der Waals surface area contributed by atoms with Crippen LogP contribution < -0.4 is 0 Å². The first-order valence-corrected chi connectivity index (χ1v) is 6.85. The molecule has 0 spiro atoms. The largest absolute Gasteiger partial charge is 0.0683 e. The van der Waals surface area contributed by atoms with Gasteiger partial charge in [-0.2, -0.15) is 0 Å². The standard InChI is InChI=1S/C8H18.3C2H6/c1-4-7-8(5-2)6-3;3*1-2/h8H,4-7H2,1-3H3;3*1-2H3. The normalized spacial score (nSPS) is 7.29. The maximum absolute atomic E-state index is 2.28. The van der Waals surface area contributed by atoms with Crippen molar-refractivity contribution in [2.24, 2.45) is 5.92 Å². The first kappa shape index (κ1) is 23.7. The SMILES string of the molecule is CC.CC.CC.CCCC(CC)CC. The van der Waals surface area contributed by atoms with Gasteiger partial charge < -0.3 is 0 Å². The van der Waals surface area contributed by atoms with Crippen molar-refractivity contribution in [3.05, 3.63) is 0 Å². The van der Waals surface area contributed by atoms with Crippen LogP contribution in [0.15, 0.2) is 0 Å². The van der Waals surface area contributed by atoms with Crippen molar-refractivity contribution < 1.29 is 0 Å². The highest BCUT2D eigenvalue weighted by Crippen LogP contribution is 2.13. The van der Waals surface area contributed by atoms with Crippen molar-refractivity contribution in [1.82, 2.24) is 0 Å². The number of hydrogen-bond acceptors (Lipinski definition) is 0. The van der Waals surface area contributed by atoms with Crippen LogP contribution in [-0.2, 0) is 0 Å². The Labute approximate surface area is 94.5 Å². The van der Waals surface area contributed by atoms with Crippen LogP contribution in [0.25, 0.3) is 0 Å². The van der Waals surface area contributed by atoms with Crippen molar-refractivity contribution in [1.29, 1.82) is 0 Å². The van der Waals surface area contributed by atoms with Gasteiger partial charge >= 0.3 is 0 Å². The maximum atomic E-state index is 2.28. The quantitative estimate of drug-likeness (QED) is 0.504. The second-order valence-electron chi connectivity index (χ2n) is 2.47. The van der Waals surface area contributed by atoms with Crippen molar-refractivity contribution in [3.8, 4) is 0 Å². The van der Waals surface area contributed by atoms with E-state index >= 15 is 0 Å². The Hall–Kier alpha value is 0. The van der Waals surface area contributed by atoms with Gasteiger partial charge in [-0.25, -0.2) is 0 Å². The Kier molecular flexibility index (Phi) is 64.6. The summed E-state index contributed by atoms with van der Waals surface area (Å²) in [6.45, 7) is 18.8. The van der Waals surface area contributed by atoms with Crippen LogP contribution in [0.3, 0.4) is 0 Å². The molecular weight excluding hydrogens is 168 g/mol. The minimum atomic E-state index is 1.000. The van der Waals surface area contributed by atoms with Gasteiger partial charge in [0.05, 0.1) is 0 Å². The van der Waals surface area contributed by atoms with E-state index in [1.165, 1.54) is 25.7 Å². The maximum Gasteiger partial charge on any atom is -0.0420 e. The van der Waals surface area contributed by atoms with Crippen LogP contribution in [0.4, 0.5) is 0 Å². The molecule has 0 aliphatic heterocycles. The molecule has 0 saturated carbocycles. The molecule has 0 unspecified atom stereocenters. The molecule has 0 nitrogen and oxygen atoms in total. The molecule has 0 aromatic carbocycles. The summed E-state index contributed by atoms with van der Waals surface area (Å²) in [6, 6.07) is 0. The van der Waals surface area contributed by atoms with Gasteiger partial charge in [0.2, 0.25) is 0 Å². The minimum Gasteiger partial charge on any atom is -0.0683 e. The first-order valence-electron chi connectivity index (χ1n) is 6.85. The van der Waals surface area contributed by atoms with Gasteiger partial charge in [-0.3, -0.25) is 0 Å². The van der Waals surface area contributed by atoms with Crippen LogP contribution in [0.2, 0.25) is 0 Å². The fourth-order valence-corrected chi connectivity index (χ4v) is 1.11. The van der Waals surface area contributed by atoms with Gasteiger partial charge in [0, 0.05) is 0 Å². The number of hydrogen-bond donors (Lipinski definition) is 0.